The van der Waals surface area contributed by atoms with E-state index in [1.54, 1.807) is 0 Å². The Morgan fingerprint density at radius 1 is 0.267 bits per heavy atom. The van der Waals surface area contributed by atoms with Gasteiger partial charge in [0, 0.05) is 0 Å². The predicted octanol–water partition coefficient (Wildman–Crippen LogP) is 12.4. The summed E-state index contributed by atoms with van der Waals surface area (Å²) >= 11 is 0. The van der Waals surface area contributed by atoms with Gasteiger partial charge in [0.2, 0.25) is 0 Å². The highest BCUT2D eigenvalue weighted by atomic mass is 14.2. The van der Waals surface area contributed by atoms with E-state index in [-0.39, 0.29) is 0 Å². The summed E-state index contributed by atoms with van der Waals surface area (Å²) < 4.78 is 0. The number of hydrogen-bond acceptors (Lipinski definition) is 0. The third-order valence-corrected chi connectivity index (χ3v) is 10.0. The highest BCUT2D eigenvalue weighted by Gasteiger charge is 2.22. The second-order valence-electron chi connectivity index (χ2n) is 12.4. The van der Waals surface area contributed by atoms with Gasteiger partial charge in [-0.15, -0.1) is 0 Å². The lowest BCUT2D eigenvalue weighted by Gasteiger charge is -2.13. The minimum absolute atomic E-state index is 1.10. The second-order valence-corrected chi connectivity index (χ2v) is 12.4. The topological polar surface area (TPSA) is 0 Å². The molecule has 0 heterocycles. The van der Waals surface area contributed by atoms with Crippen LogP contribution in [0.25, 0.3) is 87.2 Å². The lowest BCUT2D eigenvalue weighted by Crippen LogP contribution is -1.85. The van der Waals surface area contributed by atoms with Crippen LogP contribution in [0.5, 0.6) is 0 Å². The Morgan fingerprint density at radius 3 is 1.16 bits per heavy atom. The third-order valence-electron chi connectivity index (χ3n) is 10.0. The molecule has 0 saturated heterocycles. The zero-order valence-electron chi connectivity index (χ0n) is 24.7. The van der Waals surface area contributed by atoms with Crippen molar-refractivity contribution < 1.29 is 0 Å². The summed E-state index contributed by atoms with van der Waals surface area (Å²) in [5.74, 6) is 0. The van der Waals surface area contributed by atoms with Gasteiger partial charge in [-0.25, -0.2) is 0 Å². The Balaban J connectivity index is 0.000000170. The van der Waals surface area contributed by atoms with Gasteiger partial charge in [0.1, 0.15) is 0 Å². The van der Waals surface area contributed by atoms with Crippen molar-refractivity contribution in [2.24, 2.45) is 0 Å². The summed E-state index contributed by atoms with van der Waals surface area (Å²) in [5, 5.41) is 13.3. The summed E-state index contributed by atoms with van der Waals surface area (Å²) in [5.41, 5.74) is 11.2. The van der Waals surface area contributed by atoms with E-state index in [1.807, 2.05) is 0 Å². The highest BCUT2D eigenvalue weighted by Crippen LogP contribution is 2.49. The summed E-state index contributed by atoms with van der Waals surface area (Å²) in [4.78, 5) is 0. The van der Waals surface area contributed by atoms with Crippen LogP contribution in [0.2, 0.25) is 0 Å². The molecule has 0 fully saturated rings. The molecular weight excluding hydrogens is 540 g/mol. The molecule has 45 heavy (non-hydrogen) atoms. The van der Waals surface area contributed by atoms with Gasteiger partial charge in [-0.3, -0.25) is 0 Å². The van der Waals surface area contributed by atoms with Crippen molar-refractivity contribution in [3.63, 3.8) is 0 Å². The highest BCUT2D eigenvalue weighted by molar-refractivity contribution is 6.28. The summed E-state index contributed by atoms with van der Waals surface area (Å²) in [6, 6.07) is 57.9. The van der Waals surface area contributed by atoms with Gasteiger partial charge in [-0.1, -0.05) is 133 Å². The maximum Gasteiger partial charge on any atom is -0.00135 e. The quantitative estimate of drug-likeness (QED) is 0.126. The van der Waals surface area contributed by atoms with Crippen molar-refractivity contribution in [2.45, 2.75) is 6.42 Å². The van der Waals surface area contributed by atoms with E-state index >= 15 is 0 Å². The van der Waals surface area contributed by atoms with E-state index in [4.69, 9.17) is 0 Å². The standard InChI is InChI=1S/C32H18.C13H10/c1-3-11-24-22(9-1)23-10-2-4-12-25(23)29-16-21-18-31-27-14-6-8-19-7-5-13-26(32(19)27)30(31)17-20(21)15-28(24)29;1-3-7-12-10(5-1)9-11-6-2-4-8-13(11)12/h1-18H;1-8H,9H2. The molecule has 0 aromatic heterocycles. The molecule has 0 bridgehead atoms. The molecule has 2 aliphatic rings. The van der Waals surface area contributed by atoms with Crippen LogP contribution in [-0.4, -0.2) is 0 Å². The van der Waals surface area contributed by atoms with Crippen LogP contribution in [-0.2, 0) is 6.42 Å². The zero-order valence-corrected chi connectivity index (χ0v) is 24.7. The van der Waals surface area contributed by atoms with Crippen molar-refractivity contribution in [3.8, 4) is 33.4 Å². The van der Waals surface area contributed by atoms with Gasteiger partial charge in [0.25, 0.3) is 0 Å². The fourth-order valence-electron chi connectivity index (χ4n) is 8.02. The average Bonchev–Trinajstić information content (AvgIpc) is 3.64. The average molecular weight is 569 g/mol. The molecule has 0 N–H and O–H groups in total. The van der Waals surface area contributed by atoms with Crippen LogP contribution >= 0.6 is 0 Å². The van der Waals surface area contributed by atoms with E-state index in [9.17, 15) is 0 Å². The van der Waals surface area contributed by atoms with Gasteiger partial charge in [-0.05, 0) is 129 Å². The maximum atomic E-state index is 2.41. The largest absolute Gasteiger partial charge is 0.0619 e. The third kappa shape index (κ3) is 3.60. The van der Waals surface area contributed by atoms with Crippen LogP contribution in [0.4, 0.5) is 0 Å². The molecule has 208 valence electrons. The molecule has 0 amide bonds. The van der Waals surface area contributed by atoms with Crippen LogP contribution in [0, 0.1) is 0 Å². The van der Waals surface area contributed by atoms with Gasteiger partial charge in [0.15, 0.2) is 0 Å². The van der Waals surface area contributed by atoms with Crippen molar-refractivity contribution in [1.82, 2.24) is 0 Å². The molecule has 0 unspecified atom stereocenters. The monoisotopic (exact) mass is 568 g/mol. The molecule has 0 atom stereocenters. The van der Waals surface area contributed by atoms with E-state index in [2.05, 4.69) is 158 Å². The predicted molar refractivity (Wildman–Crippen MR) is 193 cm³/mol. The lowest BCUT2D eigenvalue weighted by atomic mass is 9.91. The Labute approximate surface area is 261 Å². The van der Waals surface area contributed by atoms with Gasteiger partial charge in [-0.2, -0.15) is 0 Å². The fraction of sp³-hybridized carbons (Fsp3) is 0.0222. The molecule has 0 saturated carbocycles. The van der Waals surface area contributed by atoms with E-state index in [0.717, 1.165) is 6.42 Å². The molecule has 0 nitrogen and oxygen atoms in total. The first kappa shape index (κ1) is 24.7. The van der Waals surface area contributed by atoms with Gasteiger partial charge < -0.3 is 0 Å². The molecular formula is C45H28. The van der Waals surface area contributed by atoms with Crippen LogP contribution in [0.15, 0.2) is 158 Å². The number of benzene rings is 9. The Hall–Kier alpha value is -5.72. The summed E-state index contributed by atoms with van der Waals surface area (Å²) in [6.07, 6.45) is 1.10. The first-order chi connectivity index (χ1) is 22.3. The lowest BCUT2D eigenvalue weighted by molar-refractivity contribution is 1.26. The van der Waals surface area contributed by atoms with Crippen LogP contribution < -0.4 is 0 Å². The van der Waals surface area contributed by atoms with Crippen molar-refractivity contribution in [2.75, 3.05) is 0 Å². The molecule has 0 spiro atoms. The van der Waals surface area contributed by atoms with Gasteiger partial charge in [0.05, 0.1) is 0 Å². The van der Waals surface area contributed by atoms with Crippen LogP contribution in [0.3, 0.4) is 0 Å². The molecule has 0 heteroatoms. The second kappa shape index (κ2) is 9.39. The van der Waals surface area contributed by atoms with Crippen molar-refractivity contribution in [3.05, 3.63) is 169 Å². The number of hydrogen-bond donors (Lipinski definition) is 0. The first-order valence-corrected chi connectivity index (χ1v) is 15.8. The molecule has 2 aliphatic carbocycles. The maximum absolute atomic E-state index is 2.41. The molecule has 0 radical (unpaired) electrons. The molecule has 9 aromatic carbocycles. The van der Waals surface area contributed by atoms with E-state index in [1.165, 1.54) is 98.4 Å². The molecule has 9 aromatic rings. The Kier molecular flexibility index (Phi) is 5.15. The first-order valence-electron chi connectivity index (χ1n) is 15.8. The normalized spacial score (nSPS) is 12.4. The van der Waals surface area contributed by atoms with Crippen molar-refractivity contribution >= 4 is 53.9 Å². The molecule has 11 rings (SSSR count). The van der Waals surface area contributed by atoms with Crippen molar-refractivity contribution in [1.29, 1.82) is 0 Å². The summed E-state index contributed by atoms with van der Waals surface area (Å²) in [7, 11) is 0. The molecule has 0 aliphatic heterocycles. The minimum atomic E-state index is 1.10. The number of fused-ring (bicyclic) bond motifs is 13. The Bertz CT molecular complexity index is 2490. The van der Waals surface area contributed by atoms with Gasteiger partial charge >= 0.3 is 0 Å². The SMILES string of the molecule is c1cc2c3c(cccc3c1)-c1cc3cc4c5ccccc5c5ccccc5c4cc3cc1-2.c1ccc2c(c1)Cc1ccccc1-2. The summed E-state index contributed by atoms with van der Waals surface area (Å²) in [6.45, 7) is 0. The van der Waals surface area contributed by atoms with E-state index in [0.29, 0.717) is 0 Å². The zero-order chi connectivity index (χ0) is 29.5. The smallest absolute Gasteiger partial charge is 0.00135 e. The minimum Gasteiger partial charge on any atom is -0.0619 e. The number of rotatable bonds is 0. The van der Waals surface area contributed by atoms with Crippen LogP contribution in [0.1, 0.15) is 11.1 Å². The Morgan fingerprint density at radius 2 is 0.667 bits per heavy atom. The van der Waals surface area contributed by atoms with E-state index < -0.39 is 0 Å². The fourth-order valence-corrected chi connectivity index (χ4v) is 8.02.